The minimum Gasteiger partial charge on any atom is -0.495 e. The number of nitrogens with zero attached hydrogens (tertiary/aromatic N) is 5. The summed E-state index contributed by atoms with van der Waals surface area (Å²) in [5, 5.41) is 7.41. The molecule has 0 unspecified atom stereocenters. The Balaban J connectivity index is 1.58. The normalized spacial score (nSPS) is 11.2. The summed E-state index contributed by atoms with van der Waals surface area (Å²) in [6.45, 7) is 1.70. The van der Waals surface area contributed by atoms with Crippen LogP contribution in [-0.4, -0.2) is 37.3 Å². The van der Waals surface area contributed by atoms with Crippen molar-refractivity contribution in [1.29, 1.82) is 0 Å². The number of benzene rings is 2. The summed E-state index contributed by atoms with van der Waals surface area (Å²) >= 11 is 0. The Kier molecular flexibility index (Phi) is 5.09. The number of aryl methyl sites for hydroxylation is 1. The largest absolute Gasteiger partial charge is 0.495 e. The Bertz CT molecular complexity index is 1550. The summed E-state index contributed by atoms with van der Waals surface area (Å²) in [5.74, 6) is 1.03. The van der Waals surface area contributed by atoms with Crippen LogP contribution in [0.5, 0.6) is 5.75 Å². The van der Waals surface area contributed by atoms with E-state index in [-0.39, 0.29) is 24.6 Å². The highest BCUT2D eigenvalue weighted by Gasteiger charge is 2.19. The molecule has 0 atom stereocenters. The van der Waals surface area contributed by atoms with Gasteiger partial charge in [-0.15, -0.1) is 0 Å². The van der Waals surface area contributed by atoms with Gasteiger partial charge in [0.1, 0.15) is 29.9 Å². The number of aromatic nitrogens is 5. The number of ether oxygens (including phenoxy) is 1. The lowest BCUT2D eigenvalue weighted by molar-refractivity contribution is -0.116. The molecule has 0 saturated carbocycles. The van der Waals surface area contributed by atoms with Crippen LogP contribution in [-0.2, 0) is 17.9 Å². The summed E-state index contributed by atoms with van der Waals surface area (Å²) in [5.41, 5.74) is 1.83. The zero-order valence-electron chi connectivity index (χ0n) is 18.0. The molecule has 0 spiro atoms. The third kappa shape index (κ3) is 3.71. The minimum atomic E-state index is -0.308. The van der Waals surface area contributed by atoms with Gasteiger partial charge in [0.25, 0.3) is 5.56 Å². The summed E-state index contributed by atoms with van der Waals surface area (Å²) < 4.78 is 13.5. The average molecular weight is 444 g/mol. The zero-order chi connectivity index (χ0) is 22.9. The van der Waals surface area contributed by atoms with Crippen LogP contribution in [0.4, 0.5) is 5.69 Å². The van der Waals surface area contributed by atoms with E-state index in [1.54, 1.807) is 29.7 Å². The van der Waals surface area contributed by atoms with Gasteiger partial charge in [0.2, 0.25) is 11.8 Å². The van der Waals surface area contributed by atoms with Gasteiger partial charge in [0.15, 0.2) is 5.82 Å². The highest BCUT2D eigenvalue weighted by Crippen LogP contribution is 2.26. The Labute approximate surface area is 187 Å². The maximum absolute atomic E-state index is 13.4. The summed E-state index contributed by atoms with van der Waals surface area (Å²) in [6.07, 6.45) is 1.45. The molecule has 0 radical (unpaired) electrons. The fourth-order valence-corrected chi connectivity index (χ4v) is 3.86. The van der Waals surface area contributed by atoms with E-state index in [1.165, 1.54) is 18.0 Å². The highest BCUT2D eigenvalue weighted by atomic mass is 16.5. The third-order valence-corrected chi connectivity index (χ3v) is 5.29. The SMILES string of the molecule is COc1ccccc1NC(=O)Cn1c2ccccc2c2ncn(Cc3nc(C)no3)c(=O)c21. The third-order valence-electron chi connectivity index (χ3n) is 5.29. The molecule has 166 valence electrons. The molecule has 0 aliphatic carbocycles. The van der Waals surface area contributed by atoms with Gasteiger partial charge in [-0.05, 0) is 25.1 Å². The molecule has 5 rings (SSSR count). The first-order valence-corrected chi connectivity index (χ1v) is 10.2. The number of hydrogen-bond donors (Lipinski definition) is 1. The molecule has 1 amide bonds. The number of carbonyl (C=O) groups is 1. The summed E-state index contributed by atoms with van der Waals surface area (Å²) in [6, 6.07) is 14.6. The standard InChI is InChI=1S/C23H20N6O4/c1-14-25-20(33-27-14)12-28-13-24-21-15-7-3-5-9-17(15)29(22(21)23(28)31)11-19(30)26-16-8-4-6-10-18(16)32-2/h3-10,13H,11-12H2,1-2H3,(H,26,30). The van der Waals surface area contributed by atoms with Crippen LogP contribution in [0.2, 0.25) is 0 Å². The number of methoxy groups -OCH3 is 1. The van der Waals surface area contributed by atoms with Crippen molar-refractivity contribution < 1.29 is 14.1 Å². The van der Waals surface area contributed by atoms with Crippen LogP contribution < -0.4 is 15.6 Å². The van der Waals surface area contributed by atoms with E-state index in [9.17, 15) is 9.59 Å². The first kappa shape index (κ1) is 20.4. The Morgan fingerprint density at radius 1 is 1.15 bits per heavy atom. The van der Waals surface area contributed by atoms with Crippen molar-refractivity contribution in [2.45, 2.75) is 20.0 Å². The van der Waals surface area contributed by atoms with Gasteiger partial charge in [-0.2, -0.15) is 4.98 Å². The summed E-state index contributed by atoms with van der Waals surface area (Å²) in [7, 11) is 1.54. The second-order valence-corrected chi connectivity index (χ2v) is 7.46. The summed E-state index contributed by atoms with van der Waals surface area (Å²) in [4.78, 5) is 35.1. The van der Waals surface area contributed by atoms with E-state index >= 15 is 0 Å². The quantitative estimate of drug-likeness (QED) is 0.428. The molecular weight excluding hydrogens is 424 g/mol. The fraction of sp³-hybridized carbons (Fsp3) is 0.174. The van der Waals surface area contributed by atoms with Crippen LogP contribution in [0.1, 0.15) is 11.7 Å². The number of nitrogens with one attached hydrogen (secondary N) is 1. The molecule has 0 aliphatic rings. The van der Waals surface area contributed by atoms with Crippen molar-refractivity contribution in [3.63, 3.8) is 0 Å². The zero-order valence-corrected chi connectivity index (χ0v) is 18.0. The second kappa shape index (κ2) is 8.23. The number of anilines is 1. The predicted octanol–water partition coefficient (Wildman–Crippen LogP) is 2.74. The van der Waals surface area contributed by atoms with Gasteiger partial charge in [-0.3, -0.25) is 14.2 Å². The van der Waals surface area contributed by atoms with E-state index < -0.39 is 0 Å². The molecule has 0 bridgehead atoms. The molecule has 1 N–H and O–H groups in total. The van der Waals surface area contributed by atoms with E-state index in [0.29, 0.717) is 34.2 Å². The lowest BCUT2D eigenvalue weighted by Gasteiger charge is -2.11. The predicted molar refractivity (Wildman–Crippen MR) is 121 cm³/mol. The smallest absolute Gasteiger partial charge is 0.278 e. The topological polar surface area (TPSA) is 117 Å². The van der Waals surface area contributed by atoms with Gasteiger partial charge in [0, 0.05) is 5.39 Å². The van der Waals surface area contributed by atoms with Gasteiger partial charge < -0.3 is 19.1 Å². The number of para-hydroxylation sites is 3. The lowest BCUT2D eigenvalue weighted by Crippen LogP contribution is -2.25. The fourth-order valence-electron chi connectivity index (χ4n) is 3.86. The van der Waals surface area contributed by atoms with E-state index in [4.69, 9.17) is 9.26 Å². The Morgan fingerprint density at radius 3 is 2.73 bits per heavy atom. The van der Waals surface area contributed by atoms with Crippen molar-refractivity contribution >= 4 is 33.5 Å². The van der Waals surface area contributed by atoms with E-state index in [0.717, 1.165) is 10.9 Å². The van der Waals surface area contributed by atoms with Gasteiger partial charge in [0.05, 0.1) is 24.6 Å². The average Bonchev–Trinajstić information content (AvgIpc) is 3.37. The number of amides is 1. The molecule has 0 aliphatic heterocycles. The monoisotopic (exact) mass is 444 g/mol. The molecule has 5 aromatic rings. The van der Waals surface area contributed by atoms with Gasteiger partial charge in [-0.1, -0.05) is 35.5 Å². The molecule has 3 heterocycles. The molecule has 10 heteroatoms. The number of rotatable bonds is 6. The van der Waals surface area contributed by atoms with Crippen molar-refractivity contribution in [1.82, 2.24) is 24.3 Å². The van der Waals surface area contributed by atoms with Crippen molar-refractivity contribution in [3.05, 3.63) is 76.9 Å². The molecule has 0 fully saturated rings. The van der Waals surface area contributed by atoms with Crippen molar-refractivity contribution in [3.8, 4) is 5.75 Å². The van der Waals surface area contributed by atoms with Gasteiger partial charge >= 0.3 is 0 Å². The first-order chi connectivity index (χ1) is 16.0. The maximum atomic E-state index is 13.4. The first-order valence-electron chi connectivity index (χ1n) is 10.2. The number of fused-ring (bicyclic) bond motifs is 3. The number of hydrogen-bond acceptors (Lipinski definition) is 7. The van der Waals surface area contributed by atoms with Crippen LogP contribution in [0.15, 0.2) is 64.2 Å². The molecule has 33 heavy (non-hydrogen) atoms. The van der Waals surface area contributed by atoms with E-state index in [2.05, 4.69) is 20.4 Å². The van der Waals surface area contributed by atoms with E-state index in [1.807, 2.05) is 30.3 Å². The van der Waals surface area contributed by atoms with Crippen LogP contribution >= 0.6 is 0 Å². The molecule has 3 aromatic heterocycles. The van der Waals surface area contributed by atoms with Crippen LogP contribution in [0.3, 0.4) is 0 Å². The van der Waals surface area contributed by atoms with Crippen LogP contribution in [0.25, 0.3) is 21.9 Å². The Morgan fingerprint density at radius 2 is 1.94 bits per heavy atom. The highest BCUT2D eigenvalue weighted by molar-refractivity contribution is 6.06. The molecule has 0 saturated heterocycles. The lowest BCUT2D eigenvalue weighted by atomic mass is 10.2. The molecular formula is C23H20N6O4. The molecule has 10 nitrogen and oxygen atoms in total. The van der Waals surface area contributed by atoms with Crippen LogP contribution in [0, 0.1) is 6.92 Å². The number of carbonyl (C=O) groups excluding carboxylic acids is 1. The van der Waals surface area contributed by atoms with Crippen molar-refractivity contribution in [2.75, 3.05) is 12.4 Å². The van der Waals surface area contributed by atoms with Gasteiger partial charge in [-0.25, -0.2) is 4.98 Å². The molecule has 2 aromatic carbocycles. The Hall–Kier alpha value is -4.47. The maximum Gasteiger partial charge on any atom is 0.278 e. The minimum absolute atomic E-state index is 0.0807. The second-order valence-electron chi connectivity index (χ2n) is 7.46. The van der Waals surface area contributed by atoms with Crippen molar-refractivity contribution in [2.24, 2.45) is 0 Å².